The predicted octanol–water partition coefficient (Wildman–Crippen LogP) is 2.70. The summed E-state index contributed by atoms with van der Waals surface area (Å²) in [5.74, 6) is -0.371. The fourth-order valence-corrected chi connectivity index (χ4v) is 3.68. The molecule has 0 unspecified atom stereocenters. The molecule has 5 nitrogen and oxygen atoms in total. The first kappa shape index (κ1) is 19.0. The van der Waals surface area contributed by atoms with Gasteiger partial charge in [-0.25, -0.2) is 4.39 Å². The summed E-state index contributed by atoms with van der Waals surface area (Å²) in [6.45, 7) is 3.59. The molecule has 0 radical (unpaired) electrons. The van der Waals surface area contributed by atoms with E-state index in [2.05, 4.69) is 15.9 Å². The average Bonchev–Trinajstić information content (AvgIpc) is 2.68. The minimum absolute atomic E-state index is 0.0244. The van der Waals surface area contributed by atoms with Crippen LogP contribution in [0.15, 0.2) is 28.7 Å². The van der Waals surface area contributed by atoms with E-state index in [1.165, 1.54) is 18.2 Å². The number of nitrogens with zero attached hydrogens (tertiary/aromatic N) is 2. The lowest BCUT2D eigenvalue weighted by Gasteiger charge is -2.35. The van der Waals surface area contributed by atoms with Crippen LogP contribution < -0.4 is 0 Å². The van der Waals surface area contributed by atoms with Crippen molar-refractivity contribution in [2.45, 2.75) is 12.8 Å². The Hall–Kier alpha value is -1.73. The van der Waals surface area contributed by atoms with E-state index in [9.17, 15) is 14.0 Å². The molecule has 140 valence electrons. The molecule has 0 bridgehead atoms. The second-order valence-electron chi connectivity index (χ2n) is 6.54. The summed E-state index contributed by atoms with van der Waals surface area (Å²) in [6.07, 6.45) is 4.23. The third-order valence-electron chi connectivity index (χ3n) is 4.84. The summed E-state index contributed by atoms with van der Waals surface area (Å²) in [5.41, 5.74) is 0.366. The van der Waals surface area contributed by atoms with Crippen molar-refractivity contribution in [1.29, 1.82) is 0 Å². The molecule has 1 aromatic rings. The Labute approximate surface area is 160 Å². The minimum Gasteiger partial charge on any atom is -0.378 e. The Balaban J connectivity index is 1.52. The molecule has 0 saturated carbocycles. The molecular formula is C19H22BrFN2O3. The third-order valence-corrected chi connectivity index (χ3v) is 5.34. The summed E-state index contributed by atoms with van der Waals surface area (Å²) < 4.78 is 19.8. The number of piperidine rings is 1. The van der Waals surface area contributed by atoms with Crippen molar-refractivity contribution < 1.29 is 18.7 Å². The molecule has 0 N–H and O–H groups in total. The van der Waals surface area contributed by atoms with E-state index in [-0.39, 0.29) is 23.5 Å². The maximum Gasteiger partial charge on any atom is 0.246 e. The van der Waals surface area contributed by atoms with Crippen LogP contribution in [0.5, 0.6) is 0 Å². The van der Waals surface area contributed by atoms with Gasteiger partial charge in [-0.3, -0.25) is 9.59 Å². The second-order valence-corrected chi connectivity index (χ2v) is 7.45. The summed E-state index contributed by atoms with van der Waals surface area (Å²) in [5, 5.41) is 0. The zero-order chi connectivity index (χ0) is 18.5. The number of likely N-dealkylation sites (tertiary alicyclic amines) is 1. The molecule has 0 spiro atoms. The van der Waals surface area contributed by atoms with E-state index in [1.54, 1.807) is 17.0 Å². The average molecular weight is 425 g/mol. The number of amides is 2. The van der Waals surface area contributed by atoms with Crippen LogP contribution in [0.3, 0.4) is 0 Å². The SMILES string of the molecule is O=C(C=Cc1cc(Br)ccc1F)N1CCC(C(=O)N2CCOCC2)CC1. The molecule has 1 aromatic carbocycles. The monoisotopic (exact) mass is 424 g/mol. The van der Waals surface area contributed by atoms with Crippen LogP contribution in [0, 0.1) is 11.7 Å². The lowest BCUT2D eigenvalue weighted by atomic mass is 9.95. The van der Waals surface area contributed by atoms with Gasteiger partial charge in [0.1, 0.15) is 5.82 Å². The Morgan fingerprint density at radius 2 is 1.81 bits per heavy atom. The molecule has 2 fully saturated rings. The molecule has 26 heavy (non-hydrogen) atoms. The lowest BCUT2D eigenvalue weighted by Crippen LogP contribution is -2.47. The second kappa shape index (κ2) is 8.77. The molecular weight excluding hydrogens is 403 g/mol. The fourth-order valence-electron chi connectivity index (χ4n) is 3.30. The summed E-state index contributed by atoms with van der Waals surface area (Å²) in [7, 11) is 0. The highest BCUT2D eigenvalue weighted by atomic mass is 79.9. The Morgan fingerprint density at radius 1 is 1.12 bits per heavy atom. The lowest BCUT2D eigenvalue weighted by molar-refractivity contribution is -0.142. The first-order chi connectivity index (χ1) is 12.5. The maximum atomic E-state index is 13.7. The van der Waals surface area contributed by atoms with Crippen molar-refractivity contribution in [3.63, 3.8) is 0 Å². The van der Waals surface area contributed by atoms with Gasteiger partial charge in [-0.15, -0.1) is 0 Å². The van der Waals surface area contributed by atoms with Crippen molar-refractivity contribution in [3.05, 3.63) is 40.1 Å². The van der Waals surface area contributed by atoms with Crippen LogP contribution in [-0.2, 0) is 14.3 Å². The standard InChI is InChI=1S/C19H22BrFN2O3/c20-16-2-3-17(21)15(13-16)1-4-18(24)22-7-5-14(6-8-22)19(25)23-9-11-26-12-10-23/h1-4,13-14H,5-12H2. The first-order valence-corrected chi connectivity index (χ1v) is 9.62. The van der Waals surface area contributed by atoms with Crippen molar-refractivity contribution >= 4 is 33.8 Å². The van der Waals surface area contributed by atoms with E-state index < -0.39 is 0 Å². The normalized spacial score (nSPS) is 19.2. The van der Waals surface area contributed by atoms with Gasteiger partial charge in [0.25, 0.3) is 0 Å². The zero-order valence-corrected chi connectivity index (χ0v) is 16.1. The molecule has 2 amide bonds. The fraction of sp³-hybridized carbons (Fsp3) is 0.474. The minimum atomic E-state index is -0.368. The van der Waals surface area contributed by atoms with Gasteiger partial charge in [0.15, 0.2) is 0 Å². The highest BCUT2D eigenvalue weighted by Gasteiger charge is 2.30. The first-order valence-electron chi connectivity index (χ1n) is 8.83. The number of carbonyl (C=O) groups excluding carboxylic acids is 2. The van der Waals surface area contributed by atoms with E-state index in [0.717, 1.165) is 4.47 Å². The van der Waals surface area contributed by atoms with Gasteiger partial charge in [0, 0.05) is 48.2 Å². The van der Waals surface area contributed by atoms with Gasteiger partial charge >= 0.3 is 0 Å². The molecule has 2 aliphatic heterocycles. The van der Waals surface area contributed by atoms with E-state index in [1.807, 2.05) is 4.90 Å². The number of halogens is 2. The molecule has 3 rings (SSSR count). The molecule has 7 heteroatoms. The maximum absolute atomic E-state index is 13.7. The Morgan fingerprint density at radius 3 is 2.50 bits per heavy atom. The van der Waals surface area contributed by atoms with Gasteiger partial charge in [0.05, 0.1) is 13.2 Å². The molecule has 2 heterocycles. The summed E-state index contributed by atoms with van der Waals surface area (Å²) >= 11 is 3.29. The number of rotatable bonds is 3. The zero-order valence-electron chi connectivity index (χ0n) is 14.5. The van der Waals surface area contributed by atoms with Crippen LogP contribution >= 0.6 is 15.9 Å². The number of carbonyl (C=O) groups is 2. The van der Waals surface area contributed by atoms with Crippen molar-refractivity contribution in [2.75, 3.05) is 39.4 Å². The van der Waals surface area contributed by atoms with Crippen LogP contribution in [0.1, 0.15) is 18.4 Å². The number of ether oxygens (including phenoxy) is 1. The molecule has 0 atom stereocenters. The van der Waals surface area contributed by atoms with Crippen LogP contribution in [-0.4, -0.2) is 61.0 Å². The third kappa shape index (κ3) is 4.71. The van der Waals surface area contributed by atoms with Gasteiger partial charge in [-0.05, 0) is 37.1 Å². The van der Waals surface area contributed by atoms with Crippen molar-refractivity contribution in [2.24, 2.45) is 5.92 Å². The molecule has 0 aromatic heterocycles. The molecule has 2 saturated heterocycles. The number of morpholine rings is 1. The molecule has 2 aliphatic rings. The molecule has 0 aliphatic carbocycles. The smallest absolute Gasteiger partial charge is 0.246 e. The number of hydrogen-bond acceptors (Lipinski definition) is 3. The Kier molecular flexibility index (Phi) is 6.43. The van der Waals surface area contributed by atoms with Crippen LogP contribution in [0.2, 0.25) is 0 Å². The van der Waals surface area contributed by atoms with E-state index in [4.69, 9.17) is 4.74 Å². The number of hydrogen-bond donors (Lipinski definition) is 0. The highest BCUT2D eigenvalue weighted by molar-refractivity contribution is 9.10. The van der Waals surface area contributed by atoms with Crippen molar-refractivity contribution in [3.8, 4) is 0 Å². The number of benzene rings is 1. The van der Waals surface area contributed by atoms with E-state index in [0.29, 0.717) is 57.8 Å². The Bertz CT molecular complexity index is 696. The van der Waals surface area contributed by atoms with E-state index >= 15 is 0 Å². The van der Waals surface area contributed by atoms with Gasteiger partial charge in [-0.2, -0.15) is 0 Å². The van der Waals surface area contributed by atoms with Gasteiger partial charge in [0.2, 0.25) is 11.8 Å². The highest BCUT2D eigenvalue weighted by Crippen LogP contribution is 2.21. The van der Waals surface area contributed by atoms with Crippen molar-refractivity contribution in [1.82, 2.24) is 9.80 Å². The largest absolute Gasteiger partial charge is 0.378 e. The van der Waals surface area contributed by atoms with Gasteiger partial charge < -0.3 is 14.5 Å². The summed E-state index contributed by atoms with van der Waals surface area (Å²) in [6, 6.07) is 4.61. The van der Waals surface area contributed by atoms with Crippen LogP contribution in [0.4, 0.5) is 4.39 Å². The predicted molar refractivity (Wildman–Crippen MR) is 99.8 cm³/mol. The quantitative estimate of drug-likeness (QED) is 0.700. The summed E-state index contributed by atoms with van der Waals surface area (Å²) in [4.78, 5) is 28.4. The van der Waals surface area contributed by atoms with Gasteiger partial charge in [-0.1, -0.05) is 15.9 Å². The topological polar surface area (TPSA) is 49.9 Å². The van der Waals surface area contributed by atoms with Crippen LogP contribution in [0.25, 0.3) is 6.08 Å².